The first-order valence-electron chi connectivity index (χ1n) is 10.7. The largest absolute Gasteiger partial charge is 0.379 e. The molecule has 2 unspecified atom stereocenters. The number of carbonyl (C=O) groups excluding carboxylic acids is 1. The summed E-state index contributed by atoms with van der Waals surface area (Å²) in [5.74, 6) is 0.119. The summed E-state index contributed by atoms with van der Waals surface area (Å²) in [7, 11) is 1.71. The van der Waals surface area contributed by atoms with Crippen LogP contribution in [0.2, 0.25) is 0 Å². The zero-order valence-electron chi connectivity index (χ0n) is 18.8. The van der Waals surface area contributed by atoms with Gasteiger partial charge in [0.25, 0.3) is 0 Å². The quantitative estimate of drug-likeness (QED) is 0.236. The van der Waals surface area contributed by atoms with Gasteiger partial charge in [-0.1, -0.05) is 26.0 Å². The molecule has 1 fully saturated rings. The van der Waals surface area contributed by atoms with Crippen molar-refractivity contribution in [2.45, 2.75) is 32.7 Å². The lowest BCUT2D eigenvalue weighted by Gasteiger charge is -2.35. The van der Waals surface area contributed by atoms with E-state index in [0.29, 0.717) is 30.9 Å². The Morgan fingerprint density at radius 3 is 2.35 bits per heavy atom. The Balaban J connectivity index is 0.00000480. The molecule has 0 spiro atoms. The molecule has 0 aromatic heterocycles. The van der Waals surface area contributed by atoms with E-state index in [1.165, 1.54) is 12.1 Å². The normalized spacial score (nSPS) is 17.0. The highest BCUT2D eigenvalue weighted by Crippen LogP contribution is 2.13. The van der Waals surface area contributed by atoms with Gasteiger partial charge in [-0.3, -0.25) is 14.7 Å². The molecule has 4 N–H and O–H groups in total. The topological polar surface area (TPSA) is 92.0 Å². The SMILES string of the molecule is CN=C(NCC(Cc1ccc(F)cc1)C(N)=O)NCC(CC(C)C)N1CCOCC1.I. The number of aliphatic imine (C=N–C) groups is 1. The number of ether oxygens (including phenoxy) is 1. The number of carbonyl (C=O) groups is 1. The smallest absolute Gasteiger partial charge is 0.222 e. The number of morpholine rings is 1. The number of hydrogen-bond donors (Lipinski definition) is 3. The molecular formula is C22H37FIN5O2. The highest BCUT2D eigenvalue weighted by atomic mass is 127. The number of nitrogens with one attached hydrogen (secondary N) is 2. The van der Waals surface area contributed by atoms with E-state index in [0.717, 1.165) is 44.8 Å². The van der Waals surface area contributed by atoms with E-state index in [-0.39, 0.29) is 29.8 Å². The number of primary amides is 1. The number of halogens is 2. The summed E-state index contributed by atoms with van der Waals surface area (Å²) in [5, 5.41) is 6.61. The number of benzene rings is 1. The van der Waals surface area contributed by atoms with Crippen LogP contribution in [-0.4, -0.2) is 69.2 Å². The van der Waals surface area contributed by atoms with Crippen LogP contribution in [0, 0.1) is 17.7 Å². The molecule has 1 heterocycles. The molecule has 2 rings (SSSR count). The minimum Gasteiger partial charge on any atom is -0.379 e. The van der Waals surface area contributed by atoms with E-state index >= 15 is 0 Å². The predicted molar refractivity (Wildman–Crippen MR) is 133 cm³/mol. The van der Waals surface area contributed by atoms with Gasteiger partial charge in [-0.2, -0.15) is 0 Å². The van der Waals surface area contributed by atoms with E-state index in [4.69, 9.17) is 10.5 Å². The van der Waals surface area contributed by atoms with Gasteiger partial charge < -0.3 is 21.1 Å². The minimum absolute atomic E-state index is 0. The van der Waals surface area contributed by atoms with Gasteiger partial charge in [0, 0.05) is 39.3 Å². The highest BCUT2D eigenvalue weighted by molar-refractivity contribution is 14.0. The molecule has 1 aliphatic heterocycles. The summed E-state index contributed by atoms with van der Waals surface area (Å²) in [6, 6.07) is 6.52. The number of amides is 1. The first-order chi connectivity index (χ1) is 14.4. The van der Waals surface area contributed by atoms with Gasteiger partial charge in [-0.15, -0.1) is 24.0 Å². The van der Waals surface area contributed by atoms with E-state index in [1.54, 1.807) is 19.2 Å². The Morgan fingerprint density at radius 1 is 1.19 bits per heavy atom. The molecule has 1 amide bonds. The van der Waals surface area contributed by atoms with E-state index < -0.39 is 11.8 Å². The Morgan fingerprint density at radius 2 is 1.81 bits per heavy atom. The first-order valence-corrected chi connectivity index (χ1v) is 10.7. The average molecular weight is 549 g/mol. The number of rotatable bonds is 10. The fourth-order valence-corrected chi connectivity index (χ4v) is 3.68. The third kappa shape index (κ3) is 10.1. The van der Waals surface area contributed by atoms with Crippen molar-refractivity contribution in [3.05, 3.63) is 35.6 Å². The second-order valence-corrected chi connectivity index (χ2v) is 8.20. The second-order valence-electron chi connectivity index (χ2n) is 8.20. The van der Waals surface area contributed by atoms with Crippen LogP contribution in [0.15, 0.2) is 29.3 Å². The van der Waals surface area contributed by atoms with Gasteiger partial charge >= 0.3 is 0 Å². The molecule has 2 atom stereocenters. The van der Waals surface area contributed by atoms with Crippen molar-refractivity contribution in [3.8, 4) is 0 Å². The molecule has 1 aromatic carbocycles. The lowest BCUT2D eigenvalue weighted by atomic mass is 9.98. The minimum atomic E-state index is -0.417. The van der Waals surface area contributed by atoms with Crippen LogP contribution in [0.25, 0.3) is 0 Å². The van der Waals surface area contributed by atoms with Crippen molar-refractivity contribution in [2.75, 3.05) is 46.4 Å². The predicted octanol–water partition coefficient (Wildman–Crippen LogP) is 2.00. The number of guanidine groups is 1. The van der Waals surface area contributed by atoms with Crippen molar-refractivity contribution >= 4 is 35.8 Å². The number of nitrogens with zero attached hydrogens (tertiary/aromatic N) is 2. The summed E-state index contributed by atoms with van der Waals surface area (Å²) >= 11 is 0. The molecule has 1 aliphatic rings. The second kappa shape index (κ2) is 14.6. The Kier molecular flexibility index (Phi) is 13.0. The van der Waals surface area contributed by atoms with Crippen molar-refractivity contribution in [3.63, 3.8) is 0 Å². The van der Waals surface area contributed by atoms with Crippen molar-refractivity contribution in [2.24, 2.45) is 22.6 Å². The van der Waals surface area contributed by atoms with Crippen LogP contribution in [-0.2, 0) is 16.0 Å². The maximum Gasteiger partial charge on any atom is 0.222 e. The van der Waals surface area contributed by atoms with Gasteiger partial charge in [-0.05, 0) is 36.5 Å². The van der Waals surface area contributed by atoms with Crippen LogP contribution < -0.4 is 16.4 Å². The number of hydrogen-bond acceptors (Lipinski definition) is 4. The van der Waals surface area contributed by atoms with Gasteiger partial charge in [0.05, 0.1) is 19.1 Å². The molecule has 176 valence electrons. The maximum absolute atomic E-state index is 13.1. The molecule has 9 heteroatoms. The van der Waals surface area contributed by atoms with Crippen molar-refractivity contribution < 1.29 is 13.9 Å². The van der Waals surface area contributed by atoms with Gasteiger partial charge in [0.15, 0.2) is 5.96 Å². The monoisotopic (exact) mass is 549 g/mol. The summed E-state index contributed by atoms with van der Waals surface area (Å²) in [4.78, 5) is 18.6. The lowest BCUT2D eigenvalue weighted by Crippen LogP contribution is -2.51. The zero-order chi connectivity index (χ0) is 21.9. The van der Waals surface area contributed by atoms with E-state index in [9.17, 15) is 9.18 Å². The Labute approximate surface area is 202 Å². The standard InChI is InChI=1S/C22H36FN5O2.HI/c1-16(2)12-20(28-8-10-30-11-9-28)15-27-22(25-3)26-14-18(21(24)29)13-17-4-6-19(23)7-5-17;/h4-7,16,18,20H,8-15H2,1-3H3,(H2,24,29)(H2,25,26,27);1H. The third-order valence-electron chi connectivity index (χ3n) is 5.35. The highest BCUT2D eigenvalue weighted by Gasteiger charge is 2.22. The molecule has 0 saturated carbocycles. The molecule has 0 radical (unpaired) electrons. The molecule has 1 saturated heterocycles. The summed E-state index contributed by atoms with van der Waals surface area (Å²) in [5.41, 5.74) is 6.45. The van der Waals surface area contributed by atoms with E-state index in [2.05, 4.69) is 34.4 Å². The number of nitrogens with two attached hydrogens (primary N) is 1. The molecule has 0 aliphatic carbocycles. The fourth-order valence-electron chi connectivity index (χ4n) is 3.68. The van der Waals surface area contributed by atoms with Gasteiger partial charge in [0.1, 0.15) is 5.82 Å². The first kappa shape index (κ1) is 27.6. The van der Waals surface area contributed by atoms with Gasteiger partial charge in [-0.25, -0.2) is 4.39 Å². The van der Waals surface area contributed by atoms with Crippen LogP contribution in [0.5, 0.6) is 0 Å². The summed E-state index contributed by atoms with van der Waals surface area (Å²) in [6.45, 7) is 8.99. The molecule has 31 heavy (non-hydrogen) atoms. The molecule has 7 nitrogen and oxygen atoms in total. The molecular weight excluding hydrogens is 512 g/mol. The van der Waals surface area contributed by atoms with Crippen LogP contribution in [0.3, 0.4) is 0 Å². The Bertz CT molecular complexity index is 681. The van der Waals surface area contributed by atoms with Crippen LogP contribution >= 0.6 is 24.0 Å². The lowest BCUT2D eigenvalue weighted by molar-refractivity contribution is -0.121. The third-order valence-corrected chi connectivity index (χ3v) is 5.35. The van der Waals surface area contributed by atoms with E-state index in [1.807, 2.05) is 0 Å². The molecule has 1 aromatic rings. The summed E-state index contributed by atoms with van der Waals surface area (Å²) in [6.07, 6.45) is 1.53. The van der Waals surface area contributed by atoms with Crippen LogP contribution in [0.1, 0.15) is 25.8 Å². The molecule has 0 bridgehead atoms. The van der Waals surface area contributed by atoms with Crippen LogP contribution in [0.4, 0.5) is 4.39 Å². The van der Waals surface area contributed by atoms with Gasteiger partial charge in [0.2, 0.25) is 5.91 Å². The zero-order valence-corrected chi connectivity index (χ0v) is 21.1. The maximum atomic E-state index is 13.1. The van der Waals surface area contributed by atoms with Crippen molar-refractivity contribution in [1.29, 1.82) is 0 Å². The average Bonchev–Trinajstić information content (AvgIpc) is 2.73. The summed E-state index contributed by atoms with van der Waals surface area (Å²) < 4.78 is 18.6. The Hall–Kier alpha value is -1.46. The van der Waals surface area contributed by atoms with Crippen molar-refractivity contribution in [1.82, 2.24) is 15.5 Å². The fraction of sp³-hybridized carbons (Fsp3) is 0.636.